The highest BCUT2D eigenvalue weighted by Gasteiger charge is 2.13. The van der Waals surface area contributed by atoms with E-state index in [-0.39, 0.29) is 0 Å². The van der Waals surface area contributed by atoms with E-state index < -0.39 is 0 Å². The minimum Gasteiger partial charge on any atom is -0.493 e. The van der Waals surface area contributed by atoms with Crippen molar-refractivity contribution < 1.29 is 13.9 Å². The van der Waals surface area contributed by atoms with Gasteiger partial charge in [0.15, 0.2) is 23.1 Å². The van der Waals surface area contributed by atoms with Gasteiger partial charge in [-0.1, -0.05) is 0 Å². The van der Waals surface area contributed by atoms with Crippen LogP contribution in [-0.4, -0.2) is 28.9 Å². The number of benzene rings is 1. The molecular formula is C16H17N3O3. The third-order valence-electron chi connectivity index (χ3n) is 3.32. The summed E-state index contributed by atoms with van der Waals surface area (Å²) in [5.41, 5.74) is 1.75. The zero-order valence-corrected chi connectivity index (χ0v) is 12.7. The van der Waals surface area contributed by atoms with Gasteiger partial charge in [0, 0.05) is 5.56 Å². The summed E-state index contributed by atoms with van der Waals surface area (Å²) in [7, 11) is 1.62. The lowest BCUT2D eigenvalue weighted by Crippen LogP contribution is -1.96. The van der Waals surface area contributed by atoms with E-state index in [1.807, 2.05) is 38.1 Å². The summed E-state index contributed by atoms with van der Waals surface area (Å²) in [6.45, 7) is 4.38. The average molecular weight is 299 g/mol. The lowest BCUT2D eigenvalue weighted by molar-refractivity contribution is 0.311. The Labute approximate surface area is 128 Å². The summed E-state index contributed by atoms with van der Waals surface area (Å²) in [6.07, 6.45) is 1.63. The van der Waals surface area contributed by atoms with Crippen molar-refractivity contribution in [3.8, 4) is 34.3 Å². The highest BCUT2D eigenvalue weighted by atomic mass is 16.5. The average Bonchev–Trinajstić information content (AvgIpc) is 3.16. The monoisotopic (exact) mass is 299 g/mol. The molecule has 0 saturated carbocycles. The topological polar surface area (TPSA) is 73.2 Å². The maximum Gasteiger partial charge on any atom is 0.181 e. The fourth-order valence-corrected chi connectivity index (χ4v) is 2.23. The van der Waals surface area contributed by atoms with E-state index in [1.54, 1.807) is 13.4 Å². The summed E-state index contributed by atoms with van der Waals surface area (Å²) in [5, 5.41) is 7.20. The number of rotatable bonds is 5. The molecule has 3 rings (SSSR count). The molecule has 0 aliphatic heterocycles. The first-order chi connectivity index (χ1) is 10.7. The van der Waals surface area contributed by atoms with Crippen LogP contribution in [0.15, 0.2) is 34.9 Å². The fraction of sp³-hybridized carbons (Fsp3) is 0.250. The van der Waals surface area contributed by atoms with E-state index in [0.717, 1.165) is 16.9 Å². The molecule has 22 heavy (non-hydrogen) atoms. The van der Waals surface area contributed by atoms with Crippen molar-refractivity contribution in [2.45, 2.75) is 13.8 Å². The van der Waals surface area contributed by atoms with Crippen LogP contribution < -0.4 is 9.47 Å². The number of methoxy groups -OCH3 is 1. The predicted molar refractivity (Wildman–Crippen MR) is 82.0 cm³/mol. The lowest BCUT2D eigenvalue weighted by atomic mass is 10.2. The molecule has 3 aromatic rings. The molecule has 0 radical (unpaired) electrons. The van der Waals surface area contributed by atoms with E-state index in [9.17, 15) is 0 Å². The van der Waals surface area contributed by atoms with Gasteiger partial charge in [0.25, 0.3) is 0 Å². The molecule has 0 aliphatic carbocycles. The van der Waals surface area contributed by atoms with Gasteiger partial charge in [-0.2, -0.15) is 5.10 Å². The van der Waals surface area contributed by atoms with Gasteiger partial charge in [0.2, 0.25) is 0 Å². The highest BCUT2D eigenvalue weighted by molar-refractivity contribution is 5.64. The molecule has 0 saturated heterocycles. The van der Waals surface area contributed by atoms with Crippen LogP contribution >= 0.6 is 0 Å². The second-order valence-electron chi connectivity index (χ2n) is 4.70. The summed E-state index contributed by atoms with van der Waals surface area (Å²) in [6, 6.07) is 7.48. The van der Waals surface area contributed by atoms with Gasteiger partial charge in [-0.25, -0.2) is 4.98 Å². The molecule has 0 amide bonds. The van der Waals surface area contributed by atoms with Gasteiger partial charge < -0.3 is 13.9 Å². The zero-order valence-electron chi connectivity index (χ0n) is 12.7. The SMILES string of the molecule is CCOc1cc(-c2n[nH]c(-c3ccoc3C)n2)ccc1OC. The molecule has 6 heteroatoms. The van der Waals surface area contributed by atoms with Gasteiger partial charge in [-0.05, 0) is 38.1 Å². The van der Waals surface area contributed by atoms with Crippen LogP contribution in [0.2, 0.25) is 0 Å². The van der Waals surface area contributed by atoms with Crippen molar-refractivity contribution in [2.24, 2.45) is 0 Å². The van der Waals surface area contributed by atoms with Crippen molar-refractivity contribution in [3.05, 3.63) is 36.3 Å². The number of aromatic amines is 1. The number of nitrogens with one attached hydrogen (secondary N) is 1. The van der Waals surface area contributed by atoms with E-state index in [4.69, 9.17) is 13.9 Å². The van der Waals surface area contributed by atoms with Crippen LogP contribution in [-0.2, 0) is 0 Å². The summed E-state index contributed by atoms with van der Waals surface area (Å²) in [5.74, 6) is 3.43. The van der Waals surface area contributed by atoms with Crippen molar-refractivity contribution in [3.63, 3.8) is 0 Å². The van der Waals surface area contributed by atoms with E-state index in [0.29, 0.717) is 29.8 Å². The van der Waals surface area contributed by atoms with Crippen LogP contribution in [0.1, 0.15) is 12.7 Å². The molecule has 114 valence electrons. The Morgan fingerprint density at radius 2 is 2.09 bits per heavy atom. The number of aromatic nitrogens is 3. The molecule has 0 fully saturated rings. The standard InChI is InChI=1S/C16H17N3O3/c1-4-21-14-9-11(5-6-13(14)20-3)15-17-16(19-18-15)12-7-8-22-10(12)2/h5-9H,4H2,1-3H3,(H,17,18,19). The summed E-state index contributed by atoms with van der Waals surface area (Å²) >= 11 is 0. The highest BCUT2D eigenvalue weighted by Crippen LogP contribution is 2.32. The van der Waals surface area contributed by atoms with Gasteiger partial charge in [-0.3, -0.25) is 5.10 Å². The Bertz CT molecular complexity index is 777. The maximum atomic E-state index is 5.58. The van der Waals surface area contributed by atoms with Gasteiger partial charge >= 0.3 is 0 Å². The van der Waals surface area contributed by atoms with Crippen LogP contribution in [0.5, 0.6) is 11.5 Å². The van der Waals surface area contributed by atoms with Crippen molar-refractivity contribution in [2.75, 3.05) is 13.7 Å². The molecule has 0 aliphatic rings. The Hall–Kier alpha value is -2.76. The molecule has 0 atom stereocenters. The van der Waals surface area contributed by atoms with Gasteiger partial charge in [0.05, 0.1) is 25.5 Å². The number of aryl methyl sites for hydroxylation is 1. The molecule has 0 unspecified atom stereocenters. The number of hydrogen-bond donors (Lipinski definition) is 1. The minimum atomic E-state index is 0.563. The zero-order chi connectivity index (χ0) is 15.5. The van der Waals surface area contributed by atoms with E-state index >= 15 is 0 Å². The lowest BCUT2D eigenvalue weighted by Gasteiger charge is -2.09. The third kappa shape index (κ3) is 2.55. The molecule has 1 aromatic carbocycles. The molecule has 2 heterocycles. The number of H-pyrrole nitrogens is 1. The first kappa shape index (κ1) is 14.2. The largest absolute Gasteiger partial charge is 0.493 e. The third-order valence-corrected chi connectivity index (χ3v) is 3.32. The van der Waals surface area contributed by atoms with Crippen molar-refractivity contribution in [1.29, 1.82) is 0 Å². The molecule has 2 aromatic heterocycles. The second kappa shape index (κ2) is 5.93. The Morgan fingerprint density at radius 3 is 2.77 bits per heavy atom. The molecule has 0 spiro atoms. The smallest absolute Gasteiger partial charge is 0.181 e. The Balaban J connectivity index is 1.96. The van der Waals surface area contributed by atoms with Crippen LogP contribution in [0, 0.1) is 6.92 Å². The molecule has 0 bridgehead atoms. The Kier molecular flexibility index (Phi) is 3.82. The number of hydrogen-bond acceptors (Lipinski definition) is 5. The maximum absolute atomic E-state index is 5.58. The summed E-state index contributed by atoms with van der Waals surface area (Å²) in [4.78, 5) is 4.52. The van der Waals surface area contributed by atoms with Gasteiger partial charge in [0.1, 0.15) is 5.76 Å². The quantitative estimate of drug-likeness (QED) is 0.781. The van der Waals surface area contributed by atoms with Crippen molar-refractivity contribution >= 4 is 0 Å². The van der Waals surface area contributed by atoms with E-state index in [2.05, 4.69) is 15.2 Å². The first-order valence-electron chi connectivity index (χ1n) is 7.01. The molecular weight excluding hydrogens is 282 g/mol. The number of furan rings is 1. The summed E-state index contributed by atoms with van der Waals surface area (Å²) < 4.78 is 16.2. The van der Waals surface area contributed by atoms with Crippen molar-refractivity contribution in [1.82, 2.24) is 15.2 Å². The molecule has 6 nitrogen and oxygen atoms in total. The molecule has 1 N–H and O–H groups in total. The predicted octanol–water partition coefficient (Wildman–Crippen LogP) is 3.45. The Morgan fingerprint density at radius 1 is 1.23 bits per heavy atom. The fourth-order valence-electron chi connectivity index (χ4n) is 2.23. The van der Waals surface area contributed by atoms with Crippen LogP contribution in [0.4, 0.5) is 0 Å². The minimum absolute atomic E-state index is 0.563. The second-order valence-corrected chi connectivity index (χ2v) is 4.70. The van der Waals surface area contributed by atoms with Gasteiger partial charge in [-0.15, -0.1) is 0 Å². The first-order valence-corrected chi connectivity index (χ1v) is 7.01. The number of ether oxygens (including phenoxy) is 2. The number of nitrogens with zero attached hydrogens (tertiary/aromatic N) is 2. The van der Waals surface area contributed by atoms with E-state index in [1.165, 1.54) is 0 Å². The van der Waals surface area contributed by atoms with Crippen LogP contribution in [0.3, 0.4) is 0 Å². The van der Waals surface area contributed by atoms with Crippen LogP contribution in [0.25, 0.3) is 22.8 Å². The normalized spacial score (nSPS) is 10.7.